The van der Waals surface area contributed by atoms with Gasteiger partial charge in [-0.3, -0.25) is 0 Å². The van der Waals surface area contributed by atoms with Gasteiger partial charge in [-0.25, -0.2) is 0 Å². The lowest BCUT2D eigenvalue weighted by atomic mass is 10.2. The van der Waals surface area contributed by atoms with Crippen molar-refractivity contribution in [3.63, 3.8) is 0 Å². The fraction of sp³-hybridized carbons (Fsp3) is 0.467. The van der Waals surface area contributed by atoms with Crippen molar-refractivity contribution in [1.82, 2.24) is 5.32 Å². The van der Waals surface area contributed by atoms with Crippen LogP contribution in [0.2, 0.25) is 0 Å². The molecule has 0 fully saturated rings. The Balaban J connectivity index is 2.33. The summed E-state index contributed by atoms with van der Waals surface area (Å²) in [6, 6.07) is 8.24. The maximum Gasteiger partial charge on any atom is 0.119 e. The van der Waals surface area contributed by atoms with Crippen LogP contribution in [0, 0.1) is 11.8 Å². The molecule has 0 amide bonds. The molecular formula is C15H21NO. The van der Waals surface area contributed by atoms with Crippen LogP contribution in [-0.2, 0) is 6.54 Å². The van der Waals surface area contributed by atoms with Crippen molar-refractivity contribution in [3.8, 4) is 17.6 Å². The smallest absolute Gasteiger partial charge is 0.119 e. The number of hydrogen-bond donors (Lipinski definition) is 1. The average Bonchev–Trinajstić information content (AvgIpc) is 2.37. The SMILES string of the molecule is CC#CCCNCc1cccc(OCCC)c1. The molecule has 17 heavy (non-hydrogen) atoms. The standard InChI is InChI=1S/C15H21NO/c1-3-5-6-10-16-13-14-8-7-9-15(12-14)17-11-4-2/h7-9,12,16H,4,6,10-11,13H2,1-2H3. The number of benzene rings is 1. The molecule has 0 aromatic heterocycles. The Morgan fingerprint density at radius 2 is 2.24 bits per heavy atom. The first-order valence-electron chi connectivity index (χ1n) is 6.19. The monoisotopic (exact) mass is 231 g/mol. The Hall–Kier alpha value is -1.46. The zero-order valence-corrected chi connectivity index (χ0v) is 10.8. The first kappa shape index (κ1) is 13.6. The van der Waals surface area contributed by atoms with E-state index in [1.807, 2.05) is 19.1 Å². The van der Waals surface area contributed by atoms with Gasteiger partial charge in [-0.15, -0.1) is 11.8 Å². The summed E-state index contributed by atoms with van der Waals surface area (Å²) in [6.07, 6.45) is 1.95. The van der Waals surface area contributed by atoms with Crippen LogP contribution in [-0.4, -0.2) is 13.2 Å². The minimum Gasteiger partial charge on any atom is -0.494 e. The lowest BCUT2D eigenvalue weighted by Crippen LogP contribution is -2.14. The van der Waals surface area contributed by atoms with Gasteiger partial charge in [0.05, 0.1) is 6.61 Å². The third kappa shape index (κ3) is 5.99. The summed E-state index contributed by atoms with van der Waals surface area (Å²) in [4.78, 5) is 0. The first-order valence-corrected chi connectivity index (χ1v) is 6.19. The molecule has 0 saturated carbocycles. The van der Waals surface area contributed by atoms with Crippen LogP contribution < -0.4 is 10.1 Å². The summed E-state index contributed by atoms with van der Waals surface area (Å²) in [7, 11) is 0. The number of hydrogen-bond acceptors (Lipinski definition) is 2. The predicted octanol–water partition coefficient (Wildman–Crippen LogP) is 2.98. The lowest BCUT2D eigenvalue weighted by Gasteiger charge is -2.07. The molecule has 0 unspecified atom stereocenters. The van der Waals surface area contributed by atoms with E-state index in [-0.39, 0.29) is 0 Å². The normalized spacial score (nSPS) is 9.53. The van der Waals surface area contributed by atoms with Crippen molar-refractivity contribution >= 4 is 0 Å². The zero-order chi connectivity index (χ0) is 12.3. The van der Waals surface area contributed by atoms with Crippen LogP contribution >= 0.6 is 0 Å². The molecule has 0 aliphatic heterocycles. The van der Waals surface area contributed by atoms with E-state index in [2.05, 4.69) is 36.2 Å². The summed E-state index contributed by atoms with van der Waals surface area (Å²) in [5.41, 5.74) is 1.25. The van der Waals surface area contributed by atoms with Gasteiger partial charge in [0.25, 0.3) is 0 Å². The van der Waals surface area contributed by atoms with Crippen molar-refractivity contribution < 1.29 is 4.74 Å². The van der Waals surface area contributed by atoms with E-state index < -0.39 is 0 Å². The highest BCUT2D eigenvalue weighted by Gasteiger charge is 1.96. The molecule has 0 aliphatic carbocycles. The van der Waals surface area contributed by atoms with Crippen LogP contribution in [0.4, 0.5) is 0 Å². The molecular weight excluding hydrogens is 210 g/mol. The molecule has 1 rings (SSSR count). The topological polar surface area (TPSA) is 21.3 Å². The summed E-state index contributed by atoms with van der Waals surface area (Å²) in [5, 5.41) is 3.36. The largest absolute Gasteiger partial charge is 0.494 e. The van der Waals surface area contributed by atoms with E-state index >= 15 is 0 Å². The van der Waals surface area contributed by atoms with Crippen molar-refractivity contribution in [2.45, 2.75) is 33.2 Å². The molecule has 0 saturated heterocycles. The van der Waals surface area contributed by atoms with E-state index in [0.29, 0.717) is 0 Å². The number of ether oxygens (including phenoxy) is 1. The molecule has 1 N–H and O–H groups in total. The van der Waals surface area contributed by atoms with Crippen LogP contribution in [0.5, 0.6) is 5.75 Å². The van der Waals surface area contributed by atoms with E-state index in [4.69, 9.17) is 4.74 Å². The molecule has 1 aromatic rings. The minimum atomic E-state index is 0.781. The maximum atomic E-state index is 5.59. The highest BCUT2D eigenvalue weighted by Crippen LogP contribution is 2.13. The molecule has 2 heteroatoms. The van der Waals surface area contributed by atoms with Gasteiger partial charge in [-0.05, 0) is 31.0 Å². The van der Waals surface area contributed by atoms with Gasteiger partial charge >= 0.3 is 0 Å². The summed E-state index contributed by atoms with van der Waals surface area (Å²) in [6.45, 7) is 6.56. The molecule has 0 bridgehead atoms. The molecule has 0 atom stereocenters. The zero-order valence-electron chi connectivity index (χ0n) is 10.8. The lowest BCUT2D eigenvalue weighted by molar-refractivity contribution is 0.317. The van der Waals surface area contributed by atoms with Crippen molar-refractivity contribution in [1.29, 1.82) is 0 Å². The Bertz CT molecular complexity index is 376. The van der Waals surface area contributed by atoms with Crippen molar-refractivity contribution in [3.05, 3.63) is 29.8 Å². The molecule has 0 aliphatic rings. The second-order valence-electron chi connectivity index (χ2n) is 3.85. The van der Waals surface area contributed by atoms with E-state index in [0.717, 1.165) is 38.3 Å². The fourth-order valence-electron chi connectivity index (χ4n) is 1.47. The van der Waals surface area contributed by atoms with Crippen LogP contribution in [0.1, 0.15) is 32.3 Å². The highest BCUT2D eigenvalue weighted by atomic mass is 16.5. The van der Waals surface area contributed by atoms with E-state index in [1.54, 1.807) is 0 Å². The van der Waals surface area contributed by atoms with Crippen LogP contribution in [0.15, 0.2) is 24.3 Å². The van der Waals surface area contributed by atoms with Gasteiger partial charge in [0.1, 0.15) is 5.75 Å². The van der Waals surface area contributed by atoms with Gasteiger partial charge in [0, 0.05) is 19.5 Å². The number of nitrogens with one attached hydrogen (secondary N) is 1. The Morgan fingerprint density at radius 1 is 1.35 bits per heavy atom. The van der Waals surface area contributed by atoms with Gasteiger partial charge in [0.15, 0.2) is 0 Å². The number of rotatable bonds is 7. The third-order valence-electron chi connectivity index (χ3n) is 2.30. The Kier molecular flexibility index (Phi) is 6.93. The first-order chi connectivity index (χ1) is 8.36. The van der Waals surface area contributed by atoms with E-state index in [1.165, 1.54) is 5.56 Å². The highest BCUT2D eigenvalue weighted by molar-refractivity contribution is 5.28. The van der Waals surface area contributed by atoms with E-state index in [9.17, 15) is 0 Å². The Labute approximate surface area is 104 Å². The van der Waals surface area contributed by atoms with Gasteiger partial charge < -0.3 is 10.1 Å². The molecule has 2 nitrogen and oxygen atoms in total. The minimum absolute atomic E-state index is 0.781. The van der Waals surface area contributed by atoms with Crippen molar-refractivity contribution in [2.75, 3.05) is 13.2 Å². The van der Waals surface area contributed by atoms with Gasteiger partial charge in [-0.1, -0.05) is 19.1 Å². The third-order valence-corrected chi connectivity index (χ3v) is 2.30. The van der Waals surface area contributed by atoms with Gasteiger partial charge in [-0.2, -0.15) is 0 Å². The molecule has 92 valence electrons. The average molecular weight is 231 g/mol. The van der Waals surface area contributed by atoms with Gasteiger partial charge in [0.2, 0.25) is 0 Å². The molecule has 0 radical (unpaired) electrons. The molecule has 0 spiro atoms. The molecule has 1 aromatic carbocycles. The predicted molar refractivity (Wildman–Crippen MR) is 72.0 cm³/mol. The second kappa shape index (κ2) is 8.66. The second-order valence-corrected chi connectivity index (χ2v) is 3.85. The quantitative estimate of drug-likeness (QED) is 0.575. The summed E-state index contributed by atoms with van der Waals surface area (Å²) in [5.74, 6) is 6.88. The summed E-state index contributed by atoms with van der Waals surface area (Å²) >= 11 is 0. The Morgan fingerprint density at radius 3 is 3.00 bits per heavy atom. The van der Waals surface area contributed by atoms with Crippen LogP contribution in [0.3, 0.4) is 0 Å². The van der Waals surface area contributed by atoms with Crippen LogP contribution in [0.25, 0.3) is 0 Å². The summed E-state index contributed by atoms with van der Waals surface area (Å²) < 4.78 is 5.59. The maximum absolute atomic E-state index is 5.59. The van der Waals surface area contributed by atoms with Crippen molar-refractivity contribution in [2.24, 2.45) is 0 Å². The molecule has 0 heterocycles. The fourth-order valence-corrected chi connectivity index (χ4v) is 1.47.